The van der Waals surface area contributed by atoms with Gasteiger partial charge in [0.05, 0.1) is 6.10 Å². The zero-order chi connectivity index (χ0) is 10.4. The van der Waals surface area contributed by atoms with E-state index in [1.807, 2.05) is 6.08 Å². The minimum atomic E-state index is -0.133. The van der Waals surface area contributed by atoms with Crippen molar-refractivity contribution in [3.8, 4) is 0 Å². The summed E-state index contributed by atoms with van der Waals surface area (Å²) in [4.78, 5) is 0. The van der Waals surface area contributed by atoms with Gasteiger partial charge in [-0.25, -0.2) is 0 Å². The highest BCUT2D eigenvalue weighted by Gasteiger charge is 2.27. The average molecular weight is 198 g/mol. The topological polar surface area (TPSA) is 29.5 Å². The lowest BCUT2D eigenvalue weighted by atomic mass is 9.78. The molecule has 1 N–H and O–H groups in total. The minimum Gasteiger partial charge on any atom is -0.371 e. The normalized spacial score (nSPS) is 32.9. The number of allylic oxidation sites excluding steroid dienone is 1. The van der Waals surface area contributed by atoms with E-state index in [1.54, 1.807) is 0 Å². The van der Waals surface area contributed by atoms with Crippen molar-refractivity contribution in [2.24, 2.45) is 11.8 Å². The molecule has 3 atom stereocenters. The van der Waals surface area contributed by atoms with E-state index >= 15 is 0 Å². The highest BCUT2D eigenvalue weighted by Crippen LogP contribution is 2.33. The van der Waals surface area contributed by atoms with Crippen molar-refractivity contribution in [1.82, 2.24) is 0 Å². The van der Waals surface area contributed by atoms with Gasteiger partial charge >= 0.3 is 0 Å². The minimum absolute atomic E-state index is 0.133. The summed E-state index contributed by atoms with van der Waals surface area (Å²) in [6.07, 6.45) is 8.24. The summed E-state index contributed by atoms with van der Waals surface area (Å²) in [5.41, 5.74) is 0. The summed E-state index contributed by atoms with van der Waals surface area (Å²) in [7, 11) is 0. The molecule has 82 valence electrons. The van der Waals surface area contributed by atoms with Crippen molar-refractivity contribution in [2.45, 2.75) is 45.1 Å². The van der Waals surface area contributed by atoms with Crippen LogP contribution in [0, 0.1) is 11.8 Å². The number of aliphatic hydroxyl groups excluding tert-OH is 1. The van der Waals surface area contributed by atoms with Crippen LogP contribution in [0.2, 0.25) is 0 Å². The third-order valence-electron chi connectivity index (χ3n) is 3.27. The maximum atomic E-state index is 8.71. The molecule has 1 rings (SSSR count). The van der Waals surface area contributed by atoms with Gasteiger partial charge in [-0.3, -0.25) is 0 Å². The molecule has 1 aliphatic carbocycles. The van der Waals surface area contributed by atoms with E-state index < -0.39 is 0 Å². The van der Waals surface area contributed by atoms with Crippen LogP contribution in [0.1, 0.15) is 39.0 Å². The second-order valence-electron chi connectivity index (χ2n) is 4.36. The Morgan fingerprint density at radius 3 is 2.86 bits per heavy atom. The molecule has 0 aromatic heterocycles. The first-order chi connectivity index (χ1) is 6.77. The fraction of sp³-hybridized carbons (Fsp3) is 0.833. The molecule has 1 saturated carbocycles. The molecule has 0 spiro atoms. The van der Waals surface area contributed by atoms with Crippen molar-refractivity contribution in [3.05, 3.63) is 12.7 Å². The zero-order valence-corrected chi connectivity index (χ0v) is 9.11. The number of ether oxygens (including phenoxy) is 1. The van der Waals surface area contributed by atoms with Gasteiger partial charge in [-0.2, -0.15) is 0 Å². The fourth-order valence-electron chi connectivity index (χ4n) is 2.44. The third kappa shape index (κ3) is 3.43. The first-order valence-electron chi connectivity index (χ1n) is 5.61. The molecular formula is C12H22O2. The van der Waals surface area contributed by atoms with Crippen LogP contribution in [0.25, 0.3) is 0 Å². The molecule has 2 nitrogen and oxygen atoms in total. The van der Waals surface area contributed by atoms with Gasteiger partial charge in [-0.15, -0.1) is 6.58 Å². The van der Waals surface area contributed by atoms with E-state index in [0.717, 1.165) is 18.8 Å². The quantitative estimate of drug-likeness (QED) is 0.543. The van der Waals surface area contributed by atoms with Crippen LogP contribution in [0.5, 0.6) is 0 Å². The Kier molecular flexibility index (Phi) is 5.20. The second kappa shape index (κ2) is 6.20. The van der Waals surface area contributed by atoms with E-state index in [-0.39, 0.29) is 12.9 Å². The molecule has 0 saturated heterocycles. The van der Waals surface area contributed by atoms with Crippen LogP contribution in [-0.2, 0) is 4.74 Å². The van der Waals surface area contributed by atoms with Gasteiger partial charge in [0.15, 0.2) is 0 Å². The van der Waals surface area contributed by atoms with E-state index in [4.69, 9.17) is 9.84 Å². The Balaban J connectivity index is 2.27. The molecule has 1 fully saturated rings. The number of hydrogen-bond donors (Lipinski definition) is 1. The predicted octanol–water partition coefficient (Wildman–Crippen LogP) is 2.72. The van der Waals surface area contributed by atoms with Crippen LogP contribution in [0.3, 0.4) is 0 Å². The first kappa shape index (κ1) is 11.7. The highest BCUT2D eigenvalue weighted by molar-refractivity contribution is 4.80. The summed E-state index contributed by atoms with van der Waals surface area (Å²) in [5, 5.41) is 8.71. The SMILES string of the molecule is C=CCCC1CCC(OCO)C(C)C1. The summed E-state index contributed by atoms with van der Waals surface area (Å²) in [6.45, 7) is 5.84. The Bertz CT molecular complexity index is 168. The van der Waals surface area contributed by atoms with Crippen LogP contribution in [-0.4, -0.2) is 18.0 Å². The number of aliphatic hydroxyl groups is 1. The second-order valence-corrected chi connectivity index (χ2v) is 4.36. The summed E-state index contributed by atoms with van der Waals surface area (Å²) in [6, 6.07) is 0. The average Bonchev–Trinajstić information content (AvgIpc) is 2.19. The van der Waals surface area contributed by atoms with Crippen LogP contribution >= 0.6 is 0 Å². The molecule has 0 aliphatic heterocycles. The maximum absolute atomic E-state index is 8.71. The molecule has 2 heteroatoms. The van der Waals surface area contributed by atoms with Crippen molar-refractivity contribution in [2.75, 3.05) is 6.79 Å². The molecule has 0 aromatic rings. The monoisotopic (exact) mass is 198 g/mol. The number of hydrogen-bond acceptors (Lipinski definition) is 2. The Morgan fingerprint density at radius 1 is 1.50 bits per heavy atom. The van der Waals surface area contributed by atoms with E-state index in [2.05, 4.69) is 13.5 Å². The summed E-state index contributed by atoms with van der Waals surface area (Å²) in [5.74, 6) is 1.42. The van der Waals surface area contributed by atoms with E-state index in [9.17, 15) is 0 Å². The Hall–Kier alpha value is -0.340. The number of rotatable bonds is 5. The molecule has 0 bridgehead atoms. The van der Waals surface area contributed by atoms with Crippen molar-refractivity contribution in [1.29, 1.82) is 0 Å². The maximum Gasteiger partial charge on any atom is 0.143 e. The van der Waals surface area contributed by atoms with Crippen molar-refractivity contribution >= 4 is 0 Å². The fourth-order valence-corrected chi connectivity index (χ4v) is 2.44. The predicted molar refractivity (Wildman–Crippen MR) is 57.9 cm³/mol. The van der Waals surface area contributed by atoms with Crippen LogP contribution < -0.4 is 0 Å². The van der Waals surface area contributed by atoms with Gasteiger partial charge < -0.3 is 9.84 Å². The molecule has 3 unspecified atom stereocenters. The lowest BCUT2D eigenvalue weighted by molar-refractivity contribution is -0.0887. The van der Waals surface area contributed by atoms with E-state index in [0.29, 0.717) is 5.92 Å². The van der Waals surface area contributed by atoms with Crippen molar-refractivity contribution < 1.29 is 9.84 Å². The summed E-state index contributed by atoms with van der Waals surface area (Å²) < 4.78 is 5.28. The van der Waals surface area contributed by atoms with Gasteiger partial charge in [0.2, 0.25) is 0 Å². The van der Waals surface area contributed by atoms with Crippen LogP contribution in [0.15, 0.2) is 12.7 Å². The van der Waals surface area contributed by atoms with Gasteiger partial charge in [0.25, 0.3) is 0 Å². The highest BCUT2D eigenvalue weighted by atomic mass is 16.6. The molecule has 0 heterocycles. The van der Waals surface area contributed by atoms with E-state index in [1.165, 1.54) is 19.3 Å². The standard InChI is InChI=1S/C12H22O2/c1-3-4-5-11-6-7-12(14-9-13)10(2)8-11/h3,10-13H,1,4-9H2,2H3. The Labute approximate surface area is 87.0 Å². The van der Waals surface area contributed by atoms with Gasteiger partial charge in [0, 0.05) is 0 Å². The van der Waals surface area contributed by atoms with Gasteiger partial charge in [-0.1, -0.05) is 13.0 Å². The molecular weight excluding hydrogens is 176 g/mol. The lowest BCUT2D eigenvalue weighted by Gasteiger charge is -2.33. The lowest BCUT2D eigenvalue weighted by Crippen LogP contribution is -2.30. The molecule has 14 heavy (non-hydrogen) atoms. The molecule has 0 radical (unpaired) electrons. The first-order valence-corrected chi connectivity index (χ1v) is 5.61. The molecule has 0 amide bonds. The molecule has 0 aromatic carbocycles. The van der Waals surface area contributed by atoms with Crippen molar-refractivity contribution in [3.63, 3.8) is 0 Å². The largest absolute Gasteiger partial charge is 0.371 e. The summed E-state index contributed by atoms with van der Waals surface area (Å²) >= 11 is 0. The third-order valence-corrected chi connectivity index (χ3v) is 3.27. The van der Waals surface area contributed by atoms with Gasteiger partial charge in [-0.05, 0) is 43.9 Å². The zero-order valence-electron chi connectivity index (χ0n) is 9.11. The Morgan fingerprint density at radius 2 is 2.29 bits per heavy atom. The van der Waals surface area contributed by atoms with Crippen LogP contribution in [0.4, 0.5) is 0 Å². The molecule has 1 aliphatic rings. The van der Waals surface area contributed by atoms with Gasteiger partial charge in [0.1, 0.15) is 6.79 Å². The smallest absolute Gasteiger partial charge is 0.143 e.